The van der Waals surface area contributed by atoms with Crippen molar-refractivity contribution in [1.29, 1.82) is 0 Å². The second kappa shape index (κ2) is 7.53. The van der Waals surface area contributed by atoms with Crippen LogP contribution in [0.3, 0.4) is 0 Å². The number of fused-ring (bicyclic) bond motifs is 1. The Morgan fingerprint density at radius 3 is 2.81 bits per heavy atom. The maximum atomic E-state index is 12.6. The summed E-state index contributed by atoms with van der Waals surface area (Å²) in [4.78, 5) is 17.2. The van der Waals surface area contributed by atoms with Gasteiger partial charge in [0.25, 0.3) is 0 Å². The van der Waals surface area contributed by atoms with E-state index in [1.807, 2.05) is 22.7 Å². The highest BCUT2D eigenvalue weighted by Crippen LogP contribution is 2.38. The van der Waals surface area contributed by atoms with Crippen molar-refractivity contribution in [3.63, 3.8) is 0 Å². The van der Waals surface area contributed by atoms with Gasteiger partial charge in [0, 0.05) is 24.9 Å². The fourth-order valence-electron chi connectivity index (χ4n) is 4.76. The second-order valence-corrected chi connectivity index (χ2v) is 8.99. The van der Waals surface area contributed by atoms with Gasteiger partial charge in [-0.05, 0) is 56.0 Å². The first kappa shape index (κ1) is 17.6. The zero-order chi connectivity index (χ0) is 18.2. The van der Waals surface area contributed by atoms with Crippen LogP contribution in [-0.2, 0) is 4.79 Å². The van der Waals surface area contributed by atoms with E-state index in [9.17, 15) is 4.79 Å². The number of hydrogen-bond acceptors (Lipinski definition) is 6. The highest BCUT2D eigenvalue weighted by atomic mass is 32.2. The largest absolute Gasteiger partial charge is 0.454 e. The SMILES string of the molecule is O=C([C@@H]1C[C@H](N2CCC(c3ccc4c(c3)OCO4)CC2)CN1)N1CCSC1. The number of thioether (sulfide) groups is 1. The van der Waals surface area contributed by atoms with Crippen molar-refractivity contribution in [3.05, 3.63) is 23.8 Å². The molecule has 6 nitrogen and oxygen atoms in total. The molecule has 3 saturated heterocycles. The molecule has 1 aromatic rings. The third-order valence-electron chi connectivity index (χ3n) is 6.38. The minimum atomic E-state index is 0.0142. The average Bonchev–Trinajstić information content (AvgIpc) is 3.48. The molecule has 0 bridgehead atoms. The Kier molecular flexibility index (Phi) is 4.92. The molecule has 0 aromatic heterocycles. The number of carbonyl (C=O) groups is 1. The fourth-order valence-corrected chi connectivity index (χ4v) is 5.71. The van der Waals surface area contributed by atoms with Crippen LogP contribution in [-0.4, -0.2) is 72.4 Å². The van der Waals surface area contributed by atoms with Gasteiger partial charge in [0.15, 0.2) is 11.5 Å². The van der Waals surface area contributed by atoms with E-state index in [2.05, 4.69) is 22.3 Å². The first-order valence-corrected chi connectivity index (χ1v) is 11.2. The molecule has 1 aromatic carbocycles. The van der Waals surface area contributed by atoms with E-state index in [0.29, 0.717) is 24.7 Å². The van der Waals surface area contributed by atoms with Gasteiger partial charge in [0.05, 0.1) is 11.9 Å². The summed E-state index contributed by atoms with van der Waals surface area (Å²) in [5.74, 6) is 4.58. The van der Waals surface area contributed by atoms with Gasteiger partial charge in [-0.2, -0.15) is 0 Å². The van der Waals surface area contributed by atoms with Gasteiger partial charge in [-0.15, -0.1) is 11.8 Å². The first-order chi connectivity index (χ1) is 13.3. The Morgan fingerprint density at radius 2 is 2.00 bits per heavy atom. The van der Waals surface area contributed by atoms with Crippen LogP contribution in [0.15, 0.2) is 18.2 Å². The predicted molar refractivity (Wildman–Crippen MR) is 105 cm³/mol. The van der Waals surface area contributed by atoms with E-state index in [1.54, 1.807) is 0 Å². The number of rotatable bonds is 3. The Bertz CT molecular complexity index is 702. The van der Waals surface area contributed by atoms with Gasteiger partial charge in [0.2, 0.25) is 12.7 Å². The van der Waals surface area contributed by atoms with E-state index in [-0.39, 0.29) is 6.04 Å². The molecule has 0 radical (unpaired) electrons. The fraction of sp³-hybridized carbons (Fsp3) is 0.650. The normalized spacial score (nSPS) is 28.8. The lowest BCUT2D eigenvalue weighted by molar-refractivity contribution is -0.131. The lowest BCUT2D eigenvalue weighted by Crippen LogP contribution is -2.42. The zero-order valence-corrected chi connectivity index (χ0v) is 16.4. The van der Waals surface area contributed by atoms with Crippen molar-refractivity contribution in [3.8, 4) is 11.5 Å². The summed E-state index contributed by atoms with van der Waals surface area (Å²) in [6.07, 6.45) is 3.28. The van der Waals surface area contributed by atoms with E-state index in [0.717, 1.165) is 68.6 Å². The van der Waals surface area contributed by atoms with Crippen molar-refractivity contribution in [2.75, 3.05) is 44.6 Å². The summed E-state index contributed by atoms with van der Waals surface area (Å²) in [7, 11) is 0. The molecule has 4 aliphatic rings. The number of hydrogen-bond donors (Lipinski definition) is 1. The quantitative estimate of drug-likeness (QED) is 0.852. The minimum Gasteiger partial charge on any atom is -0.454 e. The second-order valence-electron chi connectivity index (χ2n) is 7.91. The number of ether oxygens (including phenoxy) is 2. The number of nitrogens with zero attached hydrogens (tertiary/aromatic N) is 2. The third-order valence-corrected chi connectivity index (χ3v) is 7.35. The van der Waals surface area contributed by atoms with Crippen molar-refractivity contribution in [2.24, 2.45) is 0 Å². The van der Waals surface area contributed by atoms with Crippen molar-refractivity contribution >= 4 is 17.7 Å². The molecule has 146 valence electrons. The molecule has 0 unspecified atom stereocenters. The Morgan fingerprint density at radius 1 is 1.15 bits per heavy atom. The molecule has 5 rings (SSSR count). The van der Waals surface area contributed by atoms with Gasteiger partial charge < -0.3 is 19.7 Å². The summed E-state index contributed by atoms with van der Waals surface area (Å²) >= 11 is 1.85. The van der Waals surface area contributed by atoms with Gasteiger partial charge in [0.1, 0.15) is 0 Å². The van der Waals surface area contributed by atoms with E-state index in [1.165, 1.54) is 5.56 Å². The standard InChI is InChI=1S/C20H27N3O3S/c24-20(23-7-8-27-12-23)17-10-16(11-21-17)22-5-3-14(4-6-22)15-1-2-18-19(9-15)26-13-25-18/h1-2,9,14,16-17,21H,3-8,10-13H2/t16-,17-/m0/s1. The highest BCUT2D eigenvalue weighted by molar-refractivity contribution is 7.99. The zero-order valence-electron chi connectivity index (χ0n) is 15.6. The smallest absolute Gasteiger partial charge is 0.240 e. The number of amides is 1. The summed E-state index contributed by atoms with van der Waals surface area (Å²) < 4.78 is 11.0. The Labute approximate surface area is 164 Å². The number of benzene rings is 1. The van der Waals surface area contributed by atoms with Crippen LogP contribution in [0, 0.1) is 0 Å². The summed E-state index contributed by atoms with van der Waals surface area (Å²) in [6.45, 7) is 4.39. The van der Waals surface area contributed by atoms with Crippen LogP contribution < -0.4 is 14.8 Å². The van der Waals surface area contributed by atoms with Crippen LogP contribution in [0.5, 0.6) is 11.5 Å². The van der Waals surface area contributed by atoms with Gasteiger partial charge in [-0.1, -0.05) is 6.07 Å². The molecule has 2 atom stereocenters. The lowest BCUT2D eigenvalue weighted by atomic mass is 9.88. The monoisotopic (exact) mass is 389 g/mol. The number of carbonyl (C=O) groups excluding carboxylic acids is 1. The predicted octanol–water partition coefficient (Wildman–Crippen LogP) is 1.86. The molecular formula is C20H27N3O3S. The number of piperidine rings is 1. The molecule has 7 heteroatoms. The molecule has 3 fully saturated rings. The van der Waals surface area contributed by atoms with Gasteiger partial charge in [-0.25, -0.2) is 0 Å². The Hall–Kier alpha value is -1.44. The summed E-state index contributed by atoms with van der Waals surface area (Å²) in [5, 5.41) is 3.48. The van der Waals surface area contributed by atoms with Gasteiger partial charge in [-0.3, -0.25) is 9.69 Å². The van der Waals surface area contributed by atoms with Gasteiger partial charge >= 0.3 is 0 Å². The molecular weight excluding hydrogens is 362 g/mol. The molecule has 1 amide bonds. The minimum absolute atomic E-state index is 0.0142. The maximum Gasteiger partial charge on any atom is 0.240 e. The third kappa shape index (κ3) is 3.52. The van der Waals surface area contributed by atoms with E-state index >= 15 is 0 Å². The van der Waals surface area contributed by atoms with Crippen molar-refractivity contribution in [1.82, 2.24) is 15.1 Å². The van der Waals surface area contributed by atoms with Crippen LogP contribution in [0.25, 0.3) is 0 Å². The van der Waals surface area contributed by atoms with Crippen LogP contribution in [0.2, 0.25) is 0 Å². The number of nitrogens with one attached hydrogen (secondary N) is 1. The lowest BCUT2D eigenvalue weighted by Gasteiger charge is -2.36. The molecule has 0 spiro atoms. The molecule has 0 aliphatic carbocycles. The molecule has 4 heterocycles. The molecule has 4 aliphatic heterocycles. The van der Waals surface area contributed by atoms with Crippen LogP contribution in [0.4, 0.5) is 0 Å². The van der Waals surface area contributed by atoms with Crippen molar-refractivity contribution < 1.29 is 14.3 Å². The highest BCUT2D eigenvalue weighted by Gasteiger charge is 2.37. The average molecular weight is 390 g/mol. The van der Waals surface area contributed by atoms with E-state index < -0.39 is 0 Å². The van der Waals surface area contributed by atoms with E-state index in [4.69, 9.17) is 9.47 Å². The topological polar surface area (TPSA) is 54.0 Å². The van der Waals surface area contributed by atoms with Crippen LogP contribution >= 0.6 is 11.8 Å². The summed E-state index contributed by atoms with van der Waals surface area (Å²) in [5.41, 5.74) is 1.36. The molecule has 27 heavy (non-hydrogen) atoms. The summed E-state index contributed by atoms with van der Waals surface area (Å²) in [6, 6.07) is 6.89. The molecule has 1 N–H and O–H groups in total. The maximum absolute atomic E-state index is 12.6. The Balaban J connectivity index is 1.15. The van der Waals surface area contributed by atoms with Crippen molar-refractivity contribution in [2.45, 2.75) is 37.3 Å². The van der Waals surface area contributed by atoms with Crippen LogP contribution in [0.1, 0.15) is 30.7 Å². The number of likely N-dealkylation sites (tertiary alicyclic amines) is 1. The molecule has 0 saturated carbocycles. The first-order valence-electron chi connectivity index (χ1n) is 10.0.